The van der Waals surface area contributed by atoms with Crippen LogP contribution in [0, 0.1) is 0 Å². The summed E-state index contributed by atoms with van der Waals surface area (Å²) >= 11 is 0. The maximum atomic E-state index is 12.4. The number of aromatic nitrogens is 2. The number of nitrogens with one attached hydrogen (secondary N) is 2. The summed E-state index contributed by atoms with van der Waals surface area (Å²) in [5.41, 5.74) is 1.67. The highest BCUT2D eigenvalue weighted by molar-refractivity contribution is 5.94. The lowest BCUT2D eigenvalue weighted by Gasteiger charge is -2.29. The number of fused-ring (bicyclic) bond motifs is 2. The molecule has 4 rings (SSSR count). The van der Waals surface area contributed by atoms with E-state index in [1.807, 2.05) is 36.5 Å². The van der Waals surface area contributed by atoms with Gasteiger partial charge in [-0.15, -0.1) is 0 Å². The number of hydrogen-bond donors (Lipinski definition) is 2. The lowest BCUT2D eigenvalue weighted by Crippen LogP contribution is -2.48. The van der Waals surface area contributed by atoms with Crippen molar-refractivity contribution in [2.75, 3.05) is 0 Å². The van der Waals surface area contributed by atoms with E-state index < -0.39 is 0 Å². The second kappa shape index (κ2) is 5.57. The first-order valence-electron chi connectivity index (χ1n) is 7.95. The van der Waals surface area contributed by atoms with Crippen LogP contribution in [-0.2, 0) is 0 Å². The molecule has 2 bridgehead atoms. The minimum Gasteiger partial charge on any atom is -0.349 e. The molecule has 1 amide bonds. The van der Waals surface area contributed by atoms with Gasteiger partial charge in [0.1, 0.15) is 0 Å². The first-order chi connectivity index (χ1) is 10.8. The number of nitrogens with zero attached hydrogens (tertiary/aromatic N) is 2. The molecule has 114 valence electrons. The van der Waals surface area contributed by atoms with E-state index in [2.05, 4.69) is 15.7 Å². The minimum absolute atomic E-state index is 0.0262. The number of carbonyl (C=O) groups excluding carboxylic acids is 1. The number of amides is 1. The summed E-state index contributed by atoms with van der Waals surface area (Å²) < 4.78 is 1.78. The van der Waals surface area contributed by atoms with Crippen molar-refractivity contribution in [1.29, 1.82) is 0 Å². The second-order valence-corrected chi connectivity index (χ2v) is 6.28. The van der Waals surface area contributed by atoms with Gasteiger partial charge in [-0.25, -0.2) is 4.68 Å². The van der Waals surface area contributed by atoms with Crippen LogP contribution in [0.3, 0.4) is 0 Å². The van der Waals surface area contributed by atoms with Gasteiger partial charge in [0.15, 0.2) is 0 Å². The molecule has 3 heterocycles. The molecule has 1 aromatic heterocycles. The molecule has 2 atom stereocenters. The topological polar surface area (TPSA) is 59.0 Å². The van der Waals surface area contributed by atoms with Crippen LogP contribution in [0.2, 0.25) is 0 Å². The molecular formula is C17H20N4O. The van der Waals surface area contributed by atoms with Crippen LogP contribution in [0.25, 0.3) is 5.69 Å². The fourth-order valence-electron chi connectivity index (χ4n) is 3.63. The lowest BCUT2D eigenvalue weighted by molar-refractivity contribution is 0.0924. The number of carbonyl (C=O) groups is 1. The Hall–Kier alpha value is -2.14. The summed E-state index contributed by atoms with van der Waals surface area (Å²) in [7, 11) is 0. The van der Waals surface area contributed by atoms with Crippen molar-refractivity contribution in [2.45, 2.75) is 43.8 Å². The fraction of sp³-hybridized carbons (Fsp3) is 0.412. The Labute approximate surface area is 129 Å². The van der Waals surface area contributed by atoms with Crippen LogP contribution >= 0.6 is 0 Å². The molecule has 2 aromatic rings. The van der Waals surface area contributed by atoms with Crippen LogP contribution in [0.4, 0.5) is 0 Å². The van der Waals surface area contributed by atoms with Crippen LogP contribution in [0.5, 0.6) is 0 Å². The molecule has 1 aromatic carbocycles. The van der Waals surface area contributed by atoms with Gasteiger partial charge < -0.3 is 10.6 Å². The number of piperidine rings is 1. The van der Waals surface area contributed by atoms with Gasteiger partial charge in [-0.3, -0.25) is 4.79 Å². The fourth-order valence-corrected chi connectivity index (χ4v) is 3.63. The molecule has 0 saturated carbocycles. The highest BCUT2D eigenvalue weighted by atomic mass is 16.1. The van der Waals surface area contributed by atoms with E-state index in [-0.39, 0.29) is 5.91 Å². The monoisotopic (exact) mass is 296 g/mol. The predicted octanol–water partition coefficient (Wildman–Crippen LogP) is 1.89. The van der Waals surface area contributed by atoms with Gasteiger partial charge in [0.05, 0.1) is 5.69 Å². The van der Waals surface area contributed by atoms with Gasteiger partial charge in [-0.2, -0.15) is 5.10 Å². The SMILES string of the molecule is O=C(NC1CC2CCC(C1)N2)c1ccc(-n2cccn2)cc1. The summed E-state index contributed by atoms with van der Waals surface area (Å²) in [5, 5.41) is 11.0. The van der Waals surface area contributed by atoms with E-state index in [1.165, 1.54) is 12.8 Å². The molecule has 22 heavy (non-hydrogen) atoms. The summed E-state index contributed by atoms with van der Waals surface area (Å²) in [4.78, 5) is 12.4. The molecular weight excluding hydrogens is 276 g/mol. The van der Waals surface area contributed by atoms with Crippen molar-refractivity contribution in [3.63, 3.8) is 0 Å². The zero-order chi connectivity index (χ0) is 14.9. The van der Waals surface area contributed by atoms with Crippen molar-refractivity contribution < 1.29 is 4.79 Å². The molecule has 2 aliphatic rings. The van der Waals surface area contributed by atoms with E-state index >= 15 is 0 Å². The average Bonchev–Trinajstić information content (AvgIpc) is 3.17. The highest BCUT2D eigenvalue weighted by Gasteiger charge is 2.34. The van der Waals surface area contributed by atoms with Gasteiger partial charge in [-0.05, 0) is 56.0 Å². The maximum absolute atomic E-state index is 12.4. The third-order valence-electron chi connectivity index (χ3n) is 4.71. The molecule has 5 nitrogen and oxygen atoms in total. The van der Waals surface area contributed by atoms with Crippen molar-refractivity contribution >= 4 is 5.91 Å². The van der Waals surface area contributed by atoms with E-state index in [0.29, 0.717) is 23.7 Å². The second-order valence-electron chi connectivity index (χ2n) is 6.28. The highest BCUT2D eigenvalue weighted by Crippen LogP contribution is 2.26. The van der Waals surface area contributed by atoms with Crippen molar-refractivity contribution in [2.24, 2.45) is 0 Å². The van der Waals surface area contributed by atoms with Gasteiger partial charge >= 0.3 is 0 Å². The van der Waals surface area contributed by atoms with E-state index in [4.69, 9.17) is 0 Å². The third kappa shape index (κ3) is 2.64. The Morgan fingerprint density at radius 1 is 1.18 bits per heavy atom. The standard InChI is InChI=1S/C17H20N4O/c22-17(20-15-10-13-4-5-14(11-15)19-13)12-2-6-16(7-3-12)21-9-1-8-18-21/h1-3,6-9,13-15,19H,4-5,10-11H2,(H,20,22). The smallest absolute Gasteiger partial charge is 0.251 e. The molecule has 0 spiro atoms. The molecule has 0 aliphatic carbocycles. The first kappa shape index (κ1) is 13.5. The maximum Gasteiger partial charge on any atom is 0.251 e. The van der Waals surface area contributed by atoms with Gasteiger partial charge in [-0.1, -0.05) is 0 Å². The Kier molecular flexibility index (Phi) is 3.42. The molecule has 2 N–H and O–H groups in total. The summed E-state index contributed by atoms with van der Waals surface area (Å²) in [6, 6.07) is 10.9. The molecule has 5 heteroatoms. The molecule has 2 saturated heterocycles. The normalized spacial score (nSPS) is 26.8. The third-order valence-corrected chi connectivity index (χ3v) is 4.71. The minimum atomic E-state index is 0.0262. The number of hydrogen-bond acceptors (Lipinski definition) is 3. The predicted molar refractivity (Wildman–Crippen MR) is 84.0 cm³/mol. The Balaban J connectivity index is 1.42. The number of rotatable bonds is 3. The van der Waals surface area contributed by atoms with Gasteiger partial charge in [0.25, 0.3) is 5.91 Å². The van der Waals surface area contributed by atoms with Crippen molar-refractivity contribution in [1.82, 2.24) is 20.4 Å². The van der Waals surface area contributed by atoms with Crippen LogP contribution < -0.4 is 10.6 Å². The van der Waals surface area contributed by atoms with Crippen molar-refractivity contribution in [3.8, 4) is 5.69 Å². The molecule has 2 unspecified atom stereocenters. The Morgan fingerprint density at radius 2 is 1.91 bits per heavy atom. The van der Waals surface area contributed by atoms with Crippen LogP contribution in [0.15, 0.2) is 42.7 Å². The zero-order valence-corrected chi connectivity index (χ0v) is 12.4. The summed E-state index contributed by atoms with van der Waals surface area (Å²) in [6.45, 7) is 0. The molecule has 2 aliphatic heterocycles. The quantitative estimate of drug-likeness (QED) is 0.909. The molecule has 0 radical (unpaired) electrons. The number of benzene rings is 1. The molecule has 2 fully saturated rings. The zero-order valence-electron chi connectivity index (χ0n) is 12.4. The van der Waals surface area contributed by atoms with E-state index in [0.717, 1.165) is 18.5 Å². The Morgan fingerprint density at radius 3 is 2.55 bits per heavy atom. The Bertz CT molecular complexity index is 638. The van der Waals surface area contributed by atoms with E-state index in [1.54, 1.807) is 10.9 Å². The van der Waals surface area contributed by atoms with Gasteiger partial charge in [0.2, 0.25) is 0 Å². The summed E-state index contributed by atoms with van der Waals surface area (Å²) in [5.74, 6) is 0.0262. The summed E-state index contributed by atoms with van der Waals surface area (Å²) in [6.07, 6.45) is 8.22. The average molecular weight is 296 g/mol. The lowest BCUT2D eigenvalue weighted by atomic mass is 9.99. The van der Waals surface area contributed by atoms with Crippen LogP contribution in [-0.4, -0.2) is 33.8 Å². The van der Waals surface area contributed by atoms with Crippen molar-refractivity contribution in [3.05, 3.63) is 48.3 Å². The van der Waals surface area contributed by atoms with E-state index in [9.17, 15) is 4.79 Å². The van der Waals surface area contributed by atoms with Gasteiger partial charge in [0, 0.05) is 36.1 Å². The largest absolute Gasteiger partial charge is 0.349 e. The van der Waals surface area contributed by atoms with Crippen LogP contribution in [0.1, 0.15) is 36.0 Å². The first-order valence-corrected chi connectivity index (χ1v) is 7.95.